The molecule has 0 bridgehead atoms. The zero-order chi connectivity index (χ0) is 42.6. The van der Waals surface area contributed by atoms with Crippen LogP contribution in [0.4, 0.5) is 9.18 Å². The van der Waals surface area contributed by atoms with Crippen LogP contribution in [0.5, 0.6) is 0 Å². The summed E-state index contributed by atoms with van der Waals surface area (Å²) >= 11 is 0. The minimum atomic E-state index is -0.760. The molecule has 1 unspecified atom stereocenters. The molecule has 3 aromatic rings. The van der Waals surface area contributed by atoms with Crippen molar-refractivity contribution in [1.82, 2.24) is 5.32 Å². The molecule has 318 valence electrons. The number of amides is 1. The minimum absolute atomic E-state index is 0.00634. The monoisotopic (exact) mass is 815 g/mol. The summed E-state index contributed by atoms with van der Waals surface area (Å²) in [5.41, 5.74) is 5.87. The number of carbonyl (C=O) groups excluding carboxylic acids is 2. The van der Waals surface area contributed by atoms with E-state index in [1.807, 2.05) is 25.1 Å². The van der Waals surface area contributed by atoms with Crippen LogP contribution >= 0.6 is 0 Å². The van der Waals surface area contributed by atoms with Gasteiger partial charge in [0.2, 0.25) is 0 Å². The zero-order valence-corrected chi connectivity index (χ0v) is 36.4. The highest BCUT2D eigenvalue weighted by Crippen LogP contribution is 2.76. The van der Waals surface area contributed by atoms with Gasteiger partial charge in [0.1, 0.15) is 12.4 Å². The average Bonchev–Trinajstić information content (AvgIpc) is 3.75. The number of nitrogens with one attached hydrogen (secondary N) is 1. The van der Waals surface area contributed by atoms with E-state index in [2.05, 4.69) is 82.4 Å². The van der Waals surface area contributed by atoms with E-state index in [1.54, 1.807) is 6.07 Å². The molecule has 10 atom stereocenters. The van der Waals surface area contributed by atoms with Gasteiger partial charge in [-0.15, -0.1) is 0 Å². The maximum Gasteiger partial charge on any atom is 0.407 e. The Balaban J connectivity index is 0.992. The van der Waals surface area contributed by atoms with Gasteiger partial charge in [0.25, 0.3) is 0 Å². The van der Waals surface area contributed by atoms with Crippen LogP contribution in [-0.2, 0) is 14.3 Å². The Labute approximate surface area is 354 Å². The van der Waals surface area contributed by atoms with Crippen LogP contribution in [0.15, 0.2) is 72.8 Å². The van der Waals surface area contributed by atoms with Crippen LogP contribution in [-0.4, -0.2) is 42.4 Å². The van der Waals surface area contributed by atoms with Gasteiger partial charge in [-0.1, -0.05) is 102 Å². The zero-order valence-electron chi connectivity index (χ0n) is 36.4. The minimum Gasteiger partial charge on any atom is -0.481 e. The summed E-state index contributed by atoms with van der Waals surface area (Å²) in [5.74, 6) is -1.48. The molecule has 6 aliphatic rings. The lowest BCUT2D eigenvalue weighted by Crippen LogP contribution is -2.68. The highest BCUT2D eigenvalue weighted by molar-refractivity contribution is 5.90. The summed E-state index contributed by atoms with van der Waals surface area (Å²) in [4.78, 5) is 39.1. The van der Waals surface area contributed by atoms with Crippen LogP contribution in [0, 0.1) is 63.0 Å². The van der Waals surface area contributed by atoms with Crippen molar-refractivity contribution in [3.05, 3.63) is 101 Å². The Morgan fingerprint density at radius 2 is 1.52 bits per heavy atom. The molecule has 0 aliphatic heterocycles. The van der Waals surface area contributed by atoms with Crippen molar-refractivity contribution in [2.75, 3.05) is 13.7 Å². The number of hydrogen-bond donors (Lipinski definition) is 2. The SMILES string of the molecule is COC(=O)c1ccc(C2=CC[C@]3(C)[C@H]4CC[C@@H]5[C@H]6[C@H](C(C)C(=O)O)CC[C@]6(NC(=O)OCC6c7ccccc7-c7ccccc76)CC[C@@]5(C)[C@]4(C)CC[C@H]3C2(C)C)cc1F. The molecule has 4 fully saturated rings. The molecule has 60 heavy (non-hydrogen) atoms. The van der Waals surface area contributed by atoms with Crippen molar-refractivity contribution < 1.29 is 33.4 Å². The highest BCUT2D eigenvalue weighted by atomic mass is 19.1. The fourth-order valence-corrected chi connectivity index (χ4v) is 15.5. The number of ether oxygens (including phenoxy) is 2. The Hall–Kier alpha value is -4.46. The number of rotatable bonds is 7. The lowest BCUT2D eigenvalue weighted by molar-refractivity contribution is -0.221. The number of carboxylic acids is 1. The number of halogens is 1. The van der Waals surface area contributed by atoms with Gasteiger partial charge in [-0.05, 0) is 155 Å². The quantitative estimate of drug-likeness (QED) is 0.230. The van der Waals surface area contributed by atoms with E-state index in [-0.39, 0.29) is 57.5 Å². The number of carbonyl (C=O) groups is 3. The summed E-state index contributed by atoms with van der Waals surface area (Å²) in [6.07, 6.45) is 10.3. The normalized spacial score (nSPS) is 35.3. The predicted molar refractivity (Wildman–Crippen MR) is 231 cm³/mol. The first-order chi connectivity index (χ1) is 28.5. The smallest absolute Gasteiger partial charge is 0.407 e. The molecule has 0 heterocycles. The van der Waals surface area contributed by atoms with Gasteiger partial charge in [0, 0.05) is 11.5 Å². The maximum absolute atomic E-state index is 15.3. The maximum atomic E-state index is 15.3. The number of hydrogen-bond acceptors (Lipinski definition) is 5. The van der Waals surface area contributed by atoms with Gasteiger partial charge in [0.05, 0.1) is 18.6 Å². The van der Waals surface area contributed by atoms with Gasteiger partial charge in [0.15, 0.2) is 0 Å². The number of allylic oxidation sites excluding steroid dienone is 2. The number of aliphatic carboxylic acids is 1. The topological polar surface area (TPSA) is 102 Å². The van der Waals surface area contributed by atoms with Crippen molar-refractivity contribution in [2.24, 2.45) is 57.2 Å². The number of alkyl carbamates (subject to hydrolysis) is 1. The molecule has 0 radical (unpaired) electrons. The lowest BCUT2D eigenvalue weighted by atomic mass is 9.33. The Bertz CT molecular complexity index is 2240. The number of esters is 1. The second kappa shape index (κ2) is 14.3. The fourth-order valence-electron chi connectivity index (χ4n) is 15.5. The first-order valence-electron chi connectivity index (χ1n) is 22.5. The van der Waals surface area contributed by atoms with Gasteiger partial charge in [-0.25, -0.2) is 14.0 Å². The van der Waals surface area contributed by atoms with E-state index >= 15 is 4.39 Å². The number of benzene rings is 3. The van der Waals surface area contributed by atoms with E-state index in [0.29, 0.717) is 11.8 Å². The second-order valence-corrected chi connectivity index (χ2v) is 20.9. The average molecular weight is 816 g/mol. The van der Waals surface area contributed by atoms with Gasteiger partial charge in [-0.3, -0.25) is 4.79 Å². The molecule has 8 heteroatoms. The number of methoxy groups -OCH3 is 1. The van der Waals surface area contributed by atoms with E-state index in [0.717, 1.165) is 68.9 Å². The summed E-state index contributed by atoms with van der Waals surface area (Å²) in [5, 5.41) is 14.0. The van der Waals surface area contributed by atoms with Crippen LogP contribution < -0.4 is 5.32 Å². The molecule has 1 amide bonds. The van der Waals surface area contributed by atoms with Crippen molar-refractivity contribution in [3.8, 4) is 11.1 Å². The molecule has 9 rings (SSSR count). The van der Waals surface area contributed by atoms with Crippen LogP contribution in [0.3, 0.4) is 0 Å². The molecule has 2 N–H and O–H groups in total. The van der Waals surface area contributed by atoms with Crippen LogP contribution in [0.1, 0.15) is 132 Å². The molecule has 0 aromatic heterocycles. The predicted octanol–water partition coefficient (Wildman–Crippen LogP) is 11.7. The largest absolute Gasteiger partial charge is 0.481 e. The first kappa shape index (κ1) is 40.9. The molecule has 3 aromatic carbocycles. The first-order valence-corrected chi connectivity index (χ1v) is 22.5. The van der Waals surface area contributed by atoms with Gasteiger partial charge >= 0.3 is 18.0 Å². The molecule has 0 spiro atoms. The van der Waals surface area contributed by atoms with E-state index in [1.165, 1.54) is 35.4 Å². The van der Waals surface area contributed by atoms with Crippen molar-refractivity contribution in [3.63, 3.8) is 0 Å². The molecular weight excluding hydrogens is 754 g/mol. The molecule has 7 nitrogen and oxygen atoms in total. The Morgan fingerprint density at radius 3 is 2.17 bits per heavy atom. The highest BCUT2D eigenvalue weighted by Gasteiger charge is 2.71. The third-order valence-corrected chi connectivity index (χ3v) is 18.5. The lowest BCUT2D eigenvalue weighted by Gasteiger charge is -2.72. The molecule has 6 aliphatic carbocycles. The van der Waals surface area contributed by atoms with Crippen molar-refractivity contribution in [1.29, 1.82) is 0 Å². The van der Waals surface area contributed by atoms with Crippen LogP contribution in [0.2, 0.25) is 0 Å². The molecular formula is C52H62FNO6. The van der Waals surface area contributed by atoms with Crippen molar-refractivity contribution >= 4 is 23.6 Å². The third kappa shape index (κ3) is 5.81. The number of carboxylic acid groups (broad SMARTS) is 1. The summed E-state index contributed by atoms with van der Waals surface area (Å²) in [6.45, 7) is 14.4. The Morgan fingerprint density at radius 1 is 0.833 bits per heavy atom. The summed E-state index contributed by atoms with van der Waals surface area (Å²) in [6, 6.07) is 21.7. The van der Waals surface area contributed by atoms with E-state index in [9.17, 15) is 19.5 Å². The van der Waals surface area contributed by atoms with Crippen molar-refractivity contribution in [2.45, 2.75) is 111 Å². The summed E-state index contributed by atoms with van der Waals surface area (Å²) in [7, 11) is 1.27. The molecule has 4 saturated carbocycles. The van der Waals surface area contributed by atoms with Gasteiger partial charge < -0.3 is 19.9 Å². The third-order valence-electron chi connectivity index (χ3n) is 18.5. The summed E-state index contributed by atoms with van der Waals surface area (Å²) < 4.78 is 26.3. The van der Waals surface area contributed by atoms with E-state index in [4.69, 9.17) is 9.47 Å². The Kier molecular flexibility index (Phi) is 9.76. The van der Waals surface area contributed by atoms with E-state index < -0.39 is 35.3 Å². The molecule has 0 saturated heterocycles. The van der Waals surface area contributed by atoms with Crippen LogP contribution in [0.25, 0.3) is 16.7 Å². The number of fused-ring (bicyclic) bond motifs is 10. The standard InChI is InChI=1S/C52H62FNO6/c1-30(45(55)56)32-20-25-52(54-47(58)60-29-38-35-14-10-8-12-33(35)34-13-9-11-15-36(34)38)27-26-50(5)40(44(32)52)18-19-43-49(4)23-21-39(48(2,3)42(49)22-24-51(43,50)6)31-16-17-37(41(53)28-31)46(57)59-7/h8-17,21,28,30,32,38,40,42-44H,18-20,22-27,29H2,1-7H3,(H,54,58)(H,55,56)/t30?,32-,40+,42-,43+,44+,49-,50+,51+,52-/m0/s1. The fraction of sp³-hybridized carbons (Fsp3) is 0.558. The second-order valence-electron chi connectivity index (χ2n) is 20.9. The van der Waals surface area contributed by atoms with Gasteiger partial charge in [-0.2, -0.15) is 0 Å².